The minimum Gasteiger partial charge on any atom is -0.465 e. The minimum absolute atomic E-state index is 0.133. The summed E-state index contributed by atoms with van der Waals surface area (Å²) in [6, 6.07) is 11.6. The van der Waals surface area contributed by atoms with E-state index in [1.54, 1.807) is 18.4 Å². The van der Waals surface area contributed by atoms with E-state index in [-0.39, 0.29) is 5.91 Å². The SMILES string of the molecule is CCc1ccccc1N=C1NC(=O)C(=CC=Cc2ccco2)S1. The first kappa shape index (κ1) is 15.4. The summed E-state index contributed by atoms with van der Waals surface area (Å²) in [7, 11) is 0. The van der Waals surface area contributed by atoms with Crippen molar-refractivity contribution in [3.05, 3.63) is 71.0 Å². The van der Waals surface area contributed by atoms with Gasteiger partial charge in [-0.15, -0.1) is 0 Å². The van der Waals surface area contributed by atoms with Crippen molar-refractivity contribution in [3.63, 3.8) is 0 Å². The fraction of sp³-hybridized carbons (Fsp3) is 0.111. The smallest absolute Gasteiger partial charge is 0.264 e. The molecule has 0 bridgehead atoms. The average molecular weight is 324 g/mol. The summed E-state index contributed by atoms with van der Waals surface area (Å²) in [6.45, 7) is 2.09. The first-order chi connectivity index (χ1) is 11.3. The maximum absolute atomic E-state index is 12.0. The quantitative estimate of drug-likeness (QED) is 0.854. The van der Waals surface area contributed by atoms with Crippen molar-refractivity contribution < 1.29 is 9.21 Å². The lowest BCUT2D eigenvalue weighted by Crippen LogP contribution is -2.19. The normalized spacial score (nSPS) is 18.2. The lowest BCUT2D eigenvalue weighted by molar-refractivity contribution is -0.115. The second-order valence-corrected chi connectivity index (χ2v) is 5.89. The molecular formula is C18H16N2O2S. The van der Waals surface area contributed by atoms with Crippen LogP contribution < -0.4 is 5.32 Å². The zero-order valence-electron chi connectivity index (χ0n) is 12.7. The summed E-state index contributed by atoms with van der Waals surface area (Å²) >= 11 is 1.34. The highest BCUT2D eigenvalue weighted by Gasteiger charge is 2.23. The van der Waals surface area contributed by atoms with E-state index in [1.807, 2.05) is 42.5 Å². The predicted molar refractivity (Wildman–Crippen MR) is 94.5 cm³/mol. The van der Waals surface area contributed by atoms with Crippen LogP contribution in [0.15, 0.2) is 69.1 Å². The molecule has 1 aliphatic heterocycles. The number of para-hydroxylation sites is 1. The van der Waals surface area contributed by atoms with Crippen molar-refractivity contribution in [2.45, 2.75) is 13.3 Å². The molecule has 0 spiro atoms. The van der Waals surface area contributed by atoms with E-state index < -0.39 is 0 Å². The number of amidine groups is 1. The summed E-state index contributed by atoms with van der Waals surface area (Å²) in [5, 5.41) is 3.40. The highest BCUT2D eigenvalue weighted by Crippen LogP contribution is 2.27. The Labute approximate surface area is 139 Å². The van der Waals surface area contributed by atoms with Gasteiger partial charge >= 0.3 is 0 Å². The van der Waals surface area contributed by atoms with Crippen LogP contribution in [0.4, 0.5) is 5.69 Å². The Morgan fingerprint density at radius 2 is 2.13 bits per heavy atom. The third-order valence-electron chi connectivity index (χ3n) is 3.30. The number of hydrogen-bond acceptors (Lipinski definition) is 4. The van der Waals surface area contributed by atoms with Gasteiger partial charge in [0.25, 0.3) is 5.91 Å². The number of carbonyl (C=O) groups is 1. The fourth-order valence-corrected chi connectivity index (χ4v) is 2.93. The van der Waals surface area contributed by atoms with Crippen molar-refractivity contribution >= 4 is 34.6 Å². The van der Waals surface area contributed by atoms with Crippen molar-refractivity contribution in [1.29, 1.82) is 0 Å². The van der Waals surface area contributed by atoms with Crippen LogP contribution in [0.1, 0.15) is 18.2 Å². The van der Waals surface area contributed by atoms with Gasteiger partial charge in [-0.1, -0.05) is 31.2 Å². The van der Waals surface area contributed by atoms with Gasteiger partial charge in [0.05, 0.1) is 16.9 Å². The summed E-state index contributed by atoms with van der Waals surface area (Å²) < 4.78 is 5.20. The third kappa shape index (κ3) is 3.81. The van der Waals surface area contributed by atoms with Crippen LogP contribution in [0, 0.1) is 0 Å². The Hall–Kier alpha value is -2.53. The number of amides is 1. The molecule has 1 saturated heterocycles. The first-order valence-corrected chi connectivity index (χ1v) is 8.15. The zero-order valence-corrected chi connectivity index (χ0v) is 13.5. The number of nitrogens with zero attached hydrogens (tertiary/aromatic N) is 1. The van der Waals surface area contributed by atoms with E-state index in [2.05, 4.69) is 17.2 Å². The second kappa shape index (κ2) is 7.15. The lowest BCUT2D eigenvalue weighted by atomic mass is 10.1. The molecule has 1 aliphatic rings. The van der Waals surface area contributed by atoms with Gasteiger partial charge in [-0.3, -0.25) is 4.79 Å². The summed E-state index contributed by atoms with van der Waals surface area (Å²) in [5.74, 6) is 0.614. The number of benzene rings is 1. The first-order valence-electron chi connectivity index (χ1n) is 7.34. The van der Waals surface area contributed by atoms with E-state index in [1.165, 1.54) is 11.8 Å². The van der Waals surface area contributed by atoms with Crippen LogP contribution in [-0.4, -0.2) is 11.1 Å². The van der Waals surface area contributed by atoms with Gasteiger partial charge in [-0.25, -0.2) is 4.99 Å². The van der Waals surface area contributed by atoms with Crippen molar-refractivity contribution in [2.75, 3.05) is 0 Å². The predicted octanol–water partition coefficient (Wildman–Crippen LogP) is 4.29. The van der Waals surface area contributed by atoms with E-state index in [9.17, 15) is 4.79 Å². The molecule has 1 amide bonds. The number of hydrogen-bond donors (Lipinski definition) is 1. The van der Waals surface area contributed by atoms with Gasteiger partial charge in [0.1, 0.15) is 5.76 Å². The van der Waals surface area contributed by atoms with Crippen LogP contribution >= 0.6 is 11.8 Å². The van der Waals surface area contributed by atoms with Gasteiger partial charge in [0.2, 0.25) is 0 Å². The molecule has 4 nitrogen and oxygen atoms in total. The van der Waals surface area contributed by atoms with Crippen LogP contribution in [0.3, 0.4) is 0 Å². The topological polar surface area (TPSA) is 54.6 Å². The van der Waals surface area contributed by atoms with E-state index in [0.29, 0.717) is 10.1 Å². The highest BCUT2D eigenvalue weighted by atomic mass is 32.2. The molecule has 2 heterocycles. The van der Waals surface area contributed by atoms with Crippen LogP contribution in [-0.2, 0) is 11.2 Å². The minimum atomic E-state index is -0.133. The number of furan rings is 1. The van der Waals surface area contributed by atoms with E-state index in [0.717, 1.165) is 23.4 Å². The maximum Gasteiger partial charge on any atom is 0.264 e. The molecule has 1 aromatic carbocycles. The highest BCUT2D eigenvalue weighted by molar-refractivity contribution is 8.18. The second-order valence-electron chi connectivity index (χ2n) is 4.86. The molecule has 0 aliphatic carbocycles. The zero-order chi connectivity index (χ0) is 16.1. The Bertz CT molecular complexity index is 789. The molecule has 23 heavy (non-hydrogen) atoms. The number of nitrogens with one attached hydrogen (secondary N) is 1. The fourth-order valence-electron chi connectivity index (χ4n) is 2.14. The Morgan fingerprint density at radius 1 is 1.26 bits per heavy atom. The Balaban J connectivity index is 1.75. The molecule has 0 atom stereocenters. The Kier molecular flexibility index (Phi) is 4.78. The molecule has 3 rings (SSSR count). The van der Waals surface area contributed by atoms with Gasteiger partial charge in [-0.05, 0) is 54.1 Å². The number of aryl methyl sites for hydroxylation is 1. The molecule has 5 heteroatoms. The Morgan fingerprint density at radius 3 is 2.91 bits per heavy atom. The number of thioether (sulfide) groups is 1. The van der Waals surface area contributed by atoms with Crippen LogP contribution in [0.2, 0.25) is 0 Å². The molecule has 0 radical (unpaired) electrons. The third-order valence-corrected chi connectivity index (χ3v) is 4.22. The number of carbonyl (C=O) groups excluding carboxylic acids is 1. The van der Waals surface area contributed by atoms with E-state index in [4.69, 9.17) is 4.42 Å². The van der Waals surface area contributed by atoms with Crippen molar-refractivity contribution in [1.82, 2.24) is 5.32 Å². The van der Waals surface area contributed by atoms with Crippen molar-refractivity contribution in [3.8, 4) is 0 Å². The maximum atomic E-state index is 12.0. The molecular weight excluding hydrogens is 308 g/mol. The van der Waals surface area contributed by atoms with Gasteiger partial charge < -0.3 is 9.73 Å². The molecule has 1 aromatic heterocycles. The molecule has 1 fully saturated rings. The monoisotopic (exact) mass is 324 g/mol. The molecule has 2 aromatic rings. The van der Waals surface area contributed by atoms with E-state index >= 15 is 0 Å². The summed E-state index contributed by atoms with van der Waals surface area (Å²) in [4.78, 5) is 17.1. The van der Waals surface area contributed by atoms with Crippen LogP contribution in [0.5, 0.6) is 0 Å². The van der Waals surface area contributed by atoms with Gasteiger partial charge in [-0.2, -0.15) is 0 Å². The average Bonchev–Trinajstić information content (AvgIpc) is 3.18. The summed E-state index contributed by atoms with van der Waals surface area (Å²) in [6.07, 6.45) is 7.88. The standard InChI is InChI=1S/C18H16N2O2S/c1-2-13-7-3-4-10-15(13)19-18-20-17(21)16(23-18)11-5-8-14-9-6-12-22-14/h3-12H,2H2,1H3,(H,19,20,21). The number of allylic oxidation sites excluding steroid dienone is 2. The number of rotatable bonds is 4. The molecule has 0 saturated carbocycles. The molecule has 116 valence electrons. The van der Waals surface area contributed by atoms with Gasteiger partial charge in [0.15, 0.2) is 5.17 Å². The van der Waals surface area contributed by atoms with Gasteiger partial charge in [0, 0.05) is 0 Å². The van der Waals surface area contributed by atoms with Crippen molar-refractivity contribution in [2.24, 2.45) is 4.99 Å². The summed E-state index contributed by atoms with van der Waals surface area (Å²) in [5.41, 5.74) is 2.05. The van der Waals surface area contributed by atoms with Crippen LogP contribution in [0.25, 0.3) is 6.08 Å². The number of aliphatic imine (C=N–C) groups is 1. The lowest BCUT2D eigenvalue weighted by Gasteiger charge is -2.02. The largest absolute Gasteiger partial charge is 0.465 e. The molecule has 1 N–H and O–H groups in total. The molecule has 0 unspecified atom stereocenters.